The van der Waals surface area contributed by atoms with Crippen molar-refractivity contribution in [2.45, 2.75) is 6.42 Å². The first-order valence-corrected chi connectivity index (χ1v) is 5.43. The van der Waals surface area contributed by atoms with E-state index in [0.717, 1.165) is 0 Å². The molecular weight excluding hydrogens is 279 g/mol. The van der Waals surface area contributed by atoms with Crippen molar-refractivity contribution in [1.82, 2.24) is 5.32 Å². The van der Waals surface area contributed by atoms with Crippen LogP contribution < -0.4 is 10.2 Å². The maximum atomic E-state index is 13.0. The van der Waals surface area contributed by atoms with Gasteiger partial charge in [-0.1, -0.05) is 0 Å². The van der Waals surface area contributed by atoms with Crippen molar-refractivity contribution in [1.29, 1.82) is 0 Å². The summed E-state index contributed by atoms with van der Waals surface area (Å²) in [7, 11) is 0. The van der Waals surface area contributed by atoms with E-state index >= 15 is 0 Å². The SMILES string of the molecule is O=C1CCN(c2ccc(F)c(Br)c2)C(=O)N1. The number of hydrogen-bond acceptors (Lipinski definition) is 2. The van der Waals surface area contributed by atoms with E-state index in [1.54, 1.807) is 0 Å². The fourth-order valence-corrected chi connectivity index (χ4v) is 1.83. The van der Waals surface area contributed by atoms with Gasteiger partial charge in [0.05, 0.1) is 4.47 Å². The number of nitrogens with zero attached hydrogens (tertiary/aromatic N) is 1. The lowest BCUT2D eigenvalue weighted by Crippen LogP contribution is -2.49. The highest BCUT2D eigenvalue weighted by molar-refractivity contribution is 9.10. The lowest BCUT2D eigenvalue weighted by atomic mass is 10.2. The van der Waals surface area contributed by atoms with Gasteiger partial charge in [-0.05, 0) is 34.1 Å². The molecule has 3 amide bonds. The molecule has 84 valence electrons. The van der Waals surface area contributed by atoms with Gasteiger partial charge >= 0.3 is 6.03 Å². The zero-order valence-corrected chi connectivity index (χ0v) is 9.75. The molecule has 0 bridgehead atoms. The number of halogens is 2. The Bertz CT molecular complexity index is 464. The first-order chi connectivity index (χ1) is 7.58. The van der Waals surface area contributed by atoms with Crippen LogP contribution in [0.5, 0.6) is 0 Å². The van der Waals surface area contributed by atoms with Crippen molar-refractivity contribution < 1.29 is 14.0 Å². The van der Waals surface area contributed by atoms with Crippen LogP contribution in [0.4, 0.5) is 14.9 Å². The second-order valence-corrected chi connectivity index (χ2v) is 4.21. The molecule has 0 aromatic heterocycles. The predicted octanol–water partition coefficient (Wildman–Crippen LogP) is 2.03. The molecule has 0 radical (unpaired) electrons. The molecule has 1 aromatic rings. The Morgan fingerprint density at radius 1 is 1.38 bits per heavy atom. The summed E-state index contributed by atoms with van der Waals surface area (Å²) in [6.07, 6.45) is 0.251. The van der Waals surface area contributed by atoms with Crippen LogP contribution in [-0.4, -0.2) is 18.5 Å². The first-order valence-electron chi connectivity index (χ1n) is 4.64. The molecule has 1 heterocycles. The molecular formula is C10H8BrFN2O2. The van der Waals surface area contributed by atoms with Crippen LogP contribution in [-0.2, 0) is 4.79 Å². The number of imide groups is 1. The Balaban J connectivity index is 2.27. The maximum Gasteiger partial charge on any atom is 0.328 e. The number of carbonyl (C=O) groups is 2. The second-order valence-electron chi connectivity index (χ2n) is 3.35. The Labute approximate surface area is 99.6 Å². The predicted molar refractivity (Wildman–Crippen MR) is 59.6 cm³/mol. The Kier molecular flexibility index (Phi) is 2.91. The zero-order valence-electron chi connectivity index (χ0n) is 8.17. The summed E-state index contributed by atoms with van der Waals surface area (Å²) in [5.41, 5.74) is 0.554. The Morgan fingerprint density at radius 2 is 2.12 bits per heavy atom. The summed E-state index contributed by atoms with van der Waals surface area (Å²) < 4.78 is 13.3. The van der Waals surface area contributed by atoms with E-state index in [9.17, 15) is 14.0 Å². The molecule has 6 heteroatoms. The standard InChI is InChI=1S/C10H8BrFN2O2/c11-7-5-6(1-2-8(7)12)14-4-3-9(15)13-10(14)16/h1-2,5H,3-4H2,(H,13,15,16). The molecule has 16 heavy (non-hydrogen) atoms. The molecule has 4 nitrogen and oxygen atoms in total. The molecule has 1 aliphatic rings. The minimum absolute atomic E-state index is 0.251. The normalized spacial score (nSPS) is 16.2. The molecule has 0 saturated carbocycles. The number of urea groups is 1. The number of nitrogens with one attached hydrogen (secondary N) is 1. The van der Waals surface area contributed by atoms with E-state index in [2.05, 4.69) is 21.2 Å². The Hall–Kier alpha value is -1.43. The third-order valence-electron chi connectivity index (χ3n) is 2.27. The van der Waals surface area contributed by atoms with Gasteiger partial charge in [0.25, 0.3) is 0 Å². The van der Waals surface area contributed by atoms with Gasteiger partial charge in [0.2, 0.25) is 5.91 Å². The number of hydrogen-bond donors (Lipinski definition) is 1. The highest BCUT2D eigenvalue weighted by Crippen LogP contribution is 2.24. The number of amides is 3. The number of benzene rings is 1. The van der Waals surface area contributed by atoms with Gasteiger partial charge in [0.1, 0.15) is 5.82 Å². The summed E-state index contributed by atoms with van der Waals surface area (Å²) in [6.45, 7) is 0.308. The minimum atomic E-state index is -0.477. The number of rotatable bonds is 1. The topological polar surface area (TPSA) is 49.4 Å². The fourth-order valence-electron chi connectivity index (χ4n) is 1.46. The summed E-state index contributed by atoms with van der Waals surface area (Å²) in [5.74, 6) is -0.681. The highest BCUT2D eigenvalue weighted by atomic mass is 79.9. The van der Waals surface area contributed by atoms with Crippen molar-refractivity contribution >= 4 is 33.6 Å². The smallest absolute Gasteiger partial charge is 0.294 e. The summed E-state index contributed by atoms with van der Waals surface area (Å²) in [4.78, 5) is 23.8. The summed E-state index contributed by atoms with van der Waals surface area (Å²) in [6, 6.07) is 3.79. The van der Waals surface area contributed by atoms with Crippen molar-refractivity contribution in [2.75, 3.05) is 11.4 Å². The molecule has 1 aromatic carbocycles. The van der Waals surface area contributed by atoms with Gasteiger partial charge in [-0.25, -0.2) is 9.18 Å². The van der Waals surface area contributed by atoms with E-state index in [-0.39, 0.29) is 16.8 Å². The molecule has 0 unspecified atom stereocenters. The van der Waals surface area contributed by atoms with Gasteiger partial charge in [-0.3, -0.25) is 15.0 Å². The van der Waals surface area contributed by atoms with E-state index < -0.39 is 11.8 Å². The van der Waals surface area contributed by atoms with Crippen LogP contribution in [0.1, 0.15) is 6.42 Å². The lowest BCUT2D eigenvalue weighted by molar-refractivity contribution is -0.120. The minimum Gasteiger partial charge on any atom is -0.294 e. The summed E-state index contributed by atoms with van der Waals surface area (Å²) in [5, 5.41) is 2.20. The monoisotopic (exact) mass is 286 g/mol. The van der Waals surface area contributed by atoms with Crippen molar-refractivity contribution in [3.8, 4) is 0 Å². The molecule has 1 saturated heterocycles. The molecule has 1 fully saturated rings. The van der Waals surface area contributed by atoms with Crippen LogP contribution in [0.3, 0.4) is 0 Å². The first kappa shape index (κ1) is 11.1. The van der Waals surface area contributed by atoms with Crippen molar-refractivity contribution in [2.24, 2.45) is 0 Å². The van der Waals surface area contributed by atoms with Gasteiger partial charge in [0, 0.05) is 18.7 Å². The van der Waals surface area contributed by atoms with Crippen LogP contribution in [0, 0.1) is 5.82 Å². The van der Waals surface area contributed by atoms with Crippen LogP contribution >= 0.6 is 15.9 Å². The lowest BCUT2D eigenvalue weighted by Gasteiger charge is -2.26. The zero-order chi connectivity index (χ0) is 11.7. The van der Waals surface area contributed by atoms with Gasteiger partial charge in [-0.15, -0.1) is 0 Å². The van der Waals surface area contributed by atoms with E-state index in [1.807, 2.05) is 0 Å². The quantitative estimate of drug-likeness (QED) is 0.859. The largest absolute Gasteiger partial charge is 0.328 e. The fraction of sp³-hybridized carbons (Fsp3) is 0.200. The van der Waals surface area contributed by atoms with Crippen molar-refractivity contribution in [3.63, 3.8) is 0 Å². The molecule has 2 rings (SSSR count). The average Bonchev–Trinajstić information content (AvgIpc) is 2.22. The third kappa shape index (κ3) is 2.06. The molecule has 0 aliphatic carbocycles. The third-order valence-corrected chi connectivity index (χ3v) is 2.88. The number of carbonyl (C=O) groups excluding carboxylic acids is 2. The molecule has 0 atom stereocenters. The van der Waals surface area contributed by atoms with Crippen LogP contribution in [0.15, 0.2) is 22.7 Å². The maximum absolute atomic E-state index is 13.0. The van der Waals surface area contributed by atoms with E-state index in [4.69, 9.17) is 0 Å². The molecule has 0 spiro atoms. The Morgan fingerprint density at radius 3 is 2.75 bits per heavy atom. The highest BCUT2D eigenvalue weighted by Gasteiger charge is 2.24. The van der Waals surface area contributed by atoms with Gasteiger partial charge in [0.15, 0.2) is 0 Å². The summed E-state index contributed by atoms with van der Waals surface area (Å²) >= 11 is 3.04. The average molecular weight is 287 g/mol. The molecule has 1 N–H and O–H groups in total. The van der Waals surface area contributed by atoms with Gasteiger partial charge in [-0.2, -0.15) is 0 Å². The number of anilines is 1. The van der Waals surface area contributed by atoms with E-state index in [1.165, 1.54) is 23.1 Å². The van der Waals surface area contributed by atoms with Crippen LogP contribution in [0.2, 0.25) is 0 Å². The molecule has 1 aliphatic heterocycles. The van der Waals surface area contributed by atoms with Crippen LogP contribution in [0.25, 0.3) is 0 Å². The van der Waals surface area contributed by atoms with Gasteiger partial charge < -0.3 is 0 Å². The second kappa shape index (κ2) is 4.21. The van der Waals surface area contributed by atoms with E-state index in [0.29, 0.717) is 12.2 Å². The van der Waals surface area contributed by atoms with Crippen molar-refractivity contribution in [3.05, 3.63) is 28.5 Å².